The summed E-state index contributed by atoms with van der Waals surface area (Å²) in [4.78, 5) is 12.3. The lowest BCUT2D eigenvalue weighted by molar-refractivity contribution is -0.123. The molecule has 0 aliphatic rings. The van der Waals surface area contributed by atoms with Gasteiger partial charge in [-0.05, 0) is 38.3 Å². The standard InChI is InChI=1S/C18H31N3O2/c1-2-23-14-8-13-20-18(22)17(11-6-7-12-19)21-15-16-9-4-3-5-10-16/h3-5,9-10,17,21H,2,6-8,11-15,19H2,1H3,(H,20,22). The Balaban J connectivity index is 2.38. The molecule has 0 radical (unpaired) electrons. The maximum absolute atomic E-state index is 12.3. The van der Waals surface area contributed by atoms with E-state index in [2.05, 4.69) is 22.8 Å². The van der Waals surface area contributed by atoms with Crippen LogP contribution in [0.5, 0.6) is 0 Å². The van der Waals surface area contributed by atoms with Crippen LogP contribution in [0.2, 0.25) is 0 Å². The van der Waals surface area contributed by atoms with Crippen LogP contribution in [0.3, 0.4) is 0 Å². The van der Waals surface area contributed by atoms with Gasteiger partial charge >= 0.3 is 0 Å². The average Bonchev–Trinajstić information content (AvgIpc) is 2.58. The molecule has 130 valence electrons. The monoisotopic (exact) mass is 321 g/mol. The molecule has 1 atom stereocenters. The number of carbonyl (C=O) groups excluding carboxylic acids is 1. The van der Waals surface area contributed by atoms with E-state index < -0.39 is 0 Å². The van der Waals surface area contributed by atoms with E-state index in [9.17, 15) is 4.79 Å². The van der Waals surface area contributed by atoms with Gasteiger partial charge in [-0.3, -0.25) is 4.79 Å². The van der Waals surface area contributed by atoms with E-state index in [1.807, 2.05) is 25.1 Å². The first-order valence-electron chi connectivity index (χ1n) is 8.60. The first-order chi connectivity index (χ1) is 11.3. The van der Waals surface area contributed by atoms with Crippen molar-refractivity contribution in [3.63, 3.8) is 0 Å². The van der Waals surface area contributed by atoms with Gasteiger partial charge in [0.1, 0.15) is 0 Å². The maximum atomic E-state index is 12.3. The molecule has 0 saturated heterocycles. The third-order valence-electron chi connectivity index (χ3n) is 3.63. The van der Waals surface area contributed by atoms with Gasteiger partial charge in [-0.2, -0.15) is 0 Å². The van der Waals surface area contributed by atoms with Gasteiger partial charge in [0.15, 0.2) is 0 Å². The second kappa shape index (κ2) is 13.0. The van der Waals surface area contributed by atoms with E-state index in [4.69, 9.17) is 10.5 Å². The molecule has 0 bridgehead atoms. The minimum Gasteiger partial charge on any atom is -0.382 e. The first kappa shape index (κ1) is 19.6. The van der Waals surface area contributed by atoms with E-state index in [1.165, 1.54) is 5.56 Å². The number of hydrogen-bond donors (Lipinski definition) is 3. The molecular weight excluding hydrogens is 290 g/mol. The average molecular weight is 321 g/mol. The summed E-state index contributed by atoms with van der Waals surface area (Å²) >= 11 is 0. The van der Waals surface area contributed by atoms with Gasteiger partial charge in [-0.15, -0.1) is 0 Å². The molecule has 0 aliphatic carbocycles. The Labute approximate surface area is 140 Å². The lowest BCUT2D eigenvalue weighted by Gasteiger charge is -2.18. The zero-order valence-electron chi connectivity index (χ0n) is 14.2. The highest BCUT2D eigenvalue weighted by molar-refractivity contribution is 5.81. The van der Waals surface area contributed by atoms with Crippen molar-refractivity contribution < 1.29 is 9.53 Å². The van der Waals surface area contributed by atoms with Crippen LogP contribution >= 0.6 is 0 Å². The minimum atomic E-state index is -0.172. The number of nitrogens with one attached hydrogen (secondary N) is 2. The summed E-state index contributed by atoms with van der Waals surface area (Å²) in [5.74, 6) is 0.0643. The smallest absolute Gasteiger partial charge is 0.237 e. The molecule has 1 unspecified atom stereocenters. The lowest BCUT2D eigenvalue weighted by atomic mass is 10.1. The summed E-state index contributed by atoms with van der Waals surface area (Å²) in [6.07, 6.45) is 3.55. The molecular formula is C18H31N3O2. The topological polar surface area (TPSA) is 76.4 Å². The molecule has 5 nitrogen and oxygen atoms in total. The van der Waals surface area contributed by atoms with Crippen LogP contribution in [0.15, 0.2) is 30.3 Å². The molecule has 4 N–H and O–H groups in total. The zero-order chi connectivity index (χ0) is 16.8. The number of unbranched alkanes of at least 4 members (excludes halogenated alkanes) is 1. The van der Waals surface area contributed by atoms with Crippen LogP contribution in [0.1, 0.15) is 38.2 Å². The van der Waals surface area contributed by atoms with Crippen molar-refractivity contribution in [2.75, 3.05) is 26.3 Å². The molecule has 23 heavy (non-hydrogen) atoms. The summed E-state index contributed by atoms with van der Waals surface area (Å²) in [5, 5.41) is 6.35. The zero-order valence-corrected chi connectivity index (χ0v) is 14.2. The molecule has 0 fully saturated rings. The summed E-state index contributed by atoms with van der Waals surface area (Å²) in [7, 11) is 0. The third kappa shape index (κ3) is 9.33. The summed E-state index contributed by atoms with van der Waals surface area (Å²) in [6.45, 7) is 5.39. The molecule has 0 spiro atoms. The van der Waals surface area contributed by atoms with Crippen molar-refractivity contribution in [2.24, 2.45) is 5.73 Å². The Bertz CT molecular complexity index is 412. The predicted molar refractivity (Wildman–Crippen MR) is 94.1 cm³/mol. The number of benzene rings is 1. The molecule has 0 heterocycles. The van der Waals surface area contributed by atoms with Crippen LogP contribution < -0.4 is 16.4 Å². The predicted octanol–water partition coefficient (Wildman–Crippen LogP) is 1.82. The van der Waals surface area contributed by atoms with Crippen LogP contribution in [0, 0.1) is 0 Å². The van der Waals surface area contributed by atoms with E-state index in [1.54, 1.807) is 0 Å². The largest absolute Gasteiger partial charge is 0.382 e. The normalized spacial score (nSPS) is 12.1. The molecule has 1 aromatic rings. The Kier molecular flexibility index (Phi) is 11.1. The Hall–Kier alpha value is -1.43. The third-order valence-corrected chi connectivity index (χ3v) is 3.63. The van der Waals surface area contributed by atoms with Gasteiger partial charge in [0, 0.05) is 26.3 Å². The van der Waals surface area contributed by atoms with Crippen LogP contribution in [0.4, 0.5) is 0 Å². The van der Waals surface area contributed by atoms with Gasteiger partial charge in [0.2, 0.25) is 5.91 Å². The molecule has 0 aliphatic heterocycles. The summed E-state index contributed by atoms with van der Waals surface area (Å²) in [5.41, 5.74) is 6.73. The minimum absolute atomic E-state index is 0.0643. The van der Waals surface area contributed by atoms with E-state index in [0.717, 1.165) is 25.7 Å². The highest BCUT2D eigenvalue weighted by Gasteiger charge is 2.16. The number of rotatable bonds is 13. The molecule has 1 amide bonds. The fourth-order valence-electron chi connectivity index (χ4n) is 2.31. The van der Waals surface area contributed by atoms with Gasteiger partial charge in [0.25, 0.3) is 0 Å². The number of nitrogens with two attached hydrogens (primary N) is 1. The number of amides is 1. The van der Waals surface area contributed by atoms with Crippen molar-refractivity contribution in [3.05, 3.63) is 35.9 Å². The van der Waals surface area contributed by atoms with Crippen molar-refractivity contribution in [1.82, 2.24) is 10.6 Å². The Morgan fingerprint density at radius 3 is 2.70 bits per heavy atom. The summed E-state index contributed by atoms with van der Waals surface area (Å²) in [6, 6.07) is 9.96. The SMILES string of the molecule is CCOCCCNC(=O)C(CCCCN)NCc1ccccc1. The second-order valence-corrected chi connectivity index (χ2v) is 5.55. The molecule has 5 heteroatoms. The van der Waals surface area contributed by atoms with Crippen LogP contribution in [0.25, 0.3) is 0 Å². The lowest BCUT2D eigenvalue weighted by Crippen LogP contribution is -2.44. The van der Waals surface area contributed by atoms with Crippen molar-refractivity contribution in [2.45, 2.75) is 45.2 Å². The maximum Gasteiger partial charge on any atom is 0.237 e. The Morgan fingerprint density at radius 2 is 2.00 bits per heavy atom. The fraction of sp³-hybridized carbons (Fsp3) is 0.611. The van der Waals surface area contributed by atoms with Crippen molar-refractivity contribution in [3.8, 4) is 0 Å². The second-order valence-electron chi connectivity index (χ2n) is 5.55. The van der Waals surface area contributed by atoms with Crippen molar-refractivity contribution in [1.29, 1.82) is 0 Å². The number of carbonyl (C=O) groups is 1. The quantitative estimate of drug-likeness (QED) is 0.484. The first-order valence-corrected chi connectivity index (χ1v) is 8.60. The van der Waals surface area contributed by atoms with Crippen LogP contribution in [-0.4, -0.2) is 38.3 Å². The highest BCUT2D eigenvalue weighted by Crippen LogP contribution is 2.04. The van der Waals surface area contributed by atoms with Gasteiger partial charge in [-0.25, -0.2) is 0 Å². The highest BCUT2D eigenvalue weighted by atomic mass is 16.5. The molecule has 1 aromatic carbocycles. The number of ether oxygens (including phenoxy) is 1. The van der Waals surface area contributed by atoms with E-state index >= 15 is 0 Å². The molecule has 0 aromatic heterocycles. The van der Waals surface area contributed by atoms with E-state index in [-0.39, 0.29) is 11.9 Å². The fourth-order valence-corrected chi connectivity index (χ4v) is 2.31. The van der Waals surface area contributed by atoms with E-state index in [0.29, 0.717) is 32.8 Å². The van der Waals surface area contributed by atoms with Crippen LogP contribution in [-0.2, 0) is 16.1 Å². The molecule has 1 rings (SSSR count). The van der Waals surface area contributed by atoms with Gasteiger partial charge in [-0.1, -0.05) is 36.8 Å². The summed E-state index contributed by atoms with van der Waals surface area (Å²) < 4.78 is 5.28. The Morgan fingerprint density at radius 1 is 1.22 bits per heavy atom. The number of hydrogen-bond acceptors (Lipinski definition) is 4. The molecule has 0 saturated carbocycles. The van der Waals surface area contributed by atoms with Gasteiger partial charge < -0.3 is 21.1 Å². The van der Waals surface area contributed by atoms with Crippen molar-refractivity contribution >= 4 is 5.91 Å². The van der Waals surface area contributed by atoms with Gasteiger partial charge in [0.05, 0.1) is 6.04 Å².